The van der Waals surface area contributed by atoms with Crippen molar-refractivity contribution in [3.63, 3.8) is 0 Å². The summed E-state index contributed by atoms with van der Waals surface area (Å²) in [6.07, 6.45) is 2.05. The van der Waals surface area contributed by atoms with E-state index in [0.717, 1.165) is 30.5 Å². The van der Waals surface area contributed by atoms with Crippen LogP contribution in [0.15, 0.2) is 48.5 Å². The number of Topliss-reactive ketones (excluding diaryl/α,β-unsaturated/α-hetero) is 1. The van der Waals surface area contributed by atoms with Crippen LogP contribution in [0.3, 0.4) is 0 Å². The molecule has 0 saturated carbocycles. The summed E-state index contributed by atoms with van der Waals surface area (Å²) in [5.41, 5.74) is 8.89. The van der Waals surface area contributed by atoms with Gasteiger partial charge in [0.2, 0.25) is 11.8 Å². The van der Waals surface area contributed by atoms with Crippen LogP contribution in [-0.4, -0.2) is 35.1 Å². The molecule has 1 heterocycles. The zero-order valence-corrected chi connectivity index (χ0v) is 16.7. The molecule has 3 N–H and O–H groups in total. The lowest BCUT2D eigenvalue weighted by Crippen LogP contribution is -2.39. The van der Waals surface area contributed by atoms with Crippen LogP contribution < -0.4 is 11.1 Å². The molecule has 1 aliphatic heterocycles. The quantitative estimate of drug-likeness (QED) is 0.674. The molecule has 0 spiro atoms. The summed E-state index contributed by atoms with van der Waals surface area (Å²) >= 11 is 0. The highest BCUT2D eigenvalue weighted by Gasteiger charge is 2.28. The van der Waals surface area contributed by atoms with Crippen molar-refractivity contribution in [1.29, 1.82) is 0 Å². The van der Waals surface area contributed by atoms with Gasteiger partial charge in [0.05, 0.1) is 6.04 Å². The van der Waals surface area contributed by atoms with E-state index in [2.05, 4.69) is 10.2 Å². The number of likely N-dealkylation sites (tertiary alicyclic amines) is 1. The highest BCUT2D eigenvalue weighted by molar-refractivity contribution is 6.00. The maximum atomic E-state index is 12.3. The topological polar surface area (TPSA) is 92.5 Å². The molecule has 0 bridgehead atoms. The number of rotatable bonds is 8. The molecule has 29 heavy (non-hydrogen) atoms. The van der Waals surface area contributed by atoms with Crippen molar-refractivity contribution in [1.82, 2.24) is 4.90 Å². The van der Waals surface area contributed by atoms with E-state index < -0.39 is 0 Å². The van der Waals surface area contributed by atoms with Crippen molar-refractivity contribution in [2.45, 2.75) is 45.2 Å². The number of nitrogens with one attached hydrogen (secondary N) is 1. The lowest BCUT2D eigenvalue weighted by atomic mass is 10.0. The number of hydrogen-bond acceptors (Lipinski definition) is 4. The molecule has 2 amide bonds. The van der Waals surface area contributed by atoms with Gasteiger partial charge in [-0.05, 0) is 44.0 Å². The molecule has 1 saturated heterocycles. The summed E-state index contributed by atoms with van der Waals surface area (Å²) in [6, 6.07) is 14.7. The van der Waals surface area contributed by atoms with E-state index in [1.165, 1.54) is 0 Å². The predicted molar refractivity (Wildman–Crippen MR) is 112 cm³/mol. The first-order valence-electron chi connectivity index (χ1n) is 9.94. The maximum Gasteiger partial charge on any atom is 0.234 e. The fourth-order valence-corrected chi connectivity index (χ4v) is 3.65. The maximum absolute atomic E-state index is 12.3. The molecule has 6 nitrogen and oxygen atoms in total. The van der Waals surface area contributed by atoms with E-state index >= 15 is 0 Å². The van der Waals surface area contributed by atoms with E-state index in [9.17, 15) is 14.4 Å². The third-order valence-electron chi connectivity index (χ3n) is 5.24. The van der Waals surface area contributed by atoms with E-state index in [0.29, 0.717) is 17.8 Å². The molecular weight excluding hydrogens is 366 g/mol. The van der Waals surface area contributed by atoms with Gasteiger partial charge in [0.15, 0.2) is 5.78 Å². The van der Waals surface area contributed by atoms with Crippen molar-refractivity contribution in [2.24, 2.45) is 5.73 Å². The molecule has 1 aliphatic rings. The van der Waals surface area contributed by atoms with Gasteiger partial charge >= 0.3 is 0 Å². The second kappa shape index (κ2) is 9.47. The summed E-state index contributed by atoms with van der Waals surface area (Å²) in [6.45, 7) is 3.42. The van der Waals surface area contributed by atoms with Crippen molar-refractivity contribution in [3.05, 3.63) is 65.2 Å². The monoisotopic (exact) mass is 393 g/mol. The number of aryl methyl sites for hydroxylation is 1. The number of hydrogen-bond donors (Lipinski definition) is 2. The van der Waals surface area contributed by atoms with Gasteiger partial charge < -0.3 is 11.1 Å². The summed E-state index contributed by atoms with van der Waals surface area (Å²) in [5.74, 6) is -0.524. The van der Waals surface area contributed by atoms with Crippen LogP contribution in [-0.2, 0) is 16.1 Å². The second-order valence-corrected chi connectivity index (χ2v) is 7.57. The van der Waals surface area contributed by atoms with Gasteiger partial charge in [-0.2, -0.15) is 0 Å². The molecule has 2 aromatic carbocycles. The minimum atomic E-state index is -0.287. The van der Waals surface area contributed by atoms with Gasteiger partial charge in [0.1, 0.15) is 0 Å². The Morgan fingerprint density at radius 1 is 1.10 bits per heavy atom. The van der Waals surface area contributed by atoms with Gasteiger partial charge in [0, 0.05) is 30.6 Å². The van der Waals surface area contributed by atoms with Gasteiger partial charge in [-0.1, -0.05) is 42.0 Å². The molecule has 152 valence electrons. The summed E-state index contributed by atoms with van der Waals surface area (Å²) < 4.78 is 0. The van der Waals surface area contributed by atoms with E-state index in [-0.39, 0.29) is 36.5 Å². The minimum absolute atomic E-state index is 0.0413. The molecule has 1 unspecified atom stereocenters. The number of carbonyl (C=O) groups excluding carboxylic acids is 3. The van der Waals surface area contributed by atoms with Gasteiger partial charge in [-0.15, -0.1) is 0 Å². The third kappa shape index (κ3) is 5.74. The lowest BCUT2D eigenvalue weighted by molar-refractivity contribution is -0.122. The van der Waals surface area contributed by atoms with Crippen LogP contribution in [0.2, 0.25) is 0 Å². The zero-order valence-electron chi connectivity index (χ0n) is 16.7. The number of ketones is 1. The molecular formula is C23H27N3O3. The first-order chi connectivity index (χ1) is 13.9. The SMILES string of the molecule is Cc1ccc(C(=O)CCC(=O)Nc2cccc(CN3CCCC3C(N)=O)c2)cc1. The van der Waals surface area contributed by atoms with Gasteiger partial charge in [-0.3, -0.25) is 19.3 Å². The highest BCUT2D eigenvalue weighted by Crippen LogP contribution is 2.21. The van der Waals surface area contributed by atoms with Crippen LogP contribution in [0.1, 0.15) is 47.2 Å². The number of benzene rings is 2. The van der Waals surface area contributed by atoms with Crippen LogP contribution in [0.4, 0.5) is 5.69 Å². The van der Waals surface area contributed by atoms with Crippen LogP contribution in [0.5, 0.6) is 0 Å². The fourth-order valence-electron chi connectivity index (χ4n) is 3.65. The summed E-state index contributed by atoms with van der Waals surface area (Å²) in [7, 11) is 0. The molecule has 0 aromatic heterocycles. The highest BCUT2D eigenvalue weighted by atomic mass is 16.2. The normalized spacial score (nSPS) is 16.5. The Labute approximate surface area is 171 Å². The Bertz CT molecular complexity index is 892. The standard InChI is InChI=1S/C23H27N3O3/c1-16-7-9-18(10-8-16)21(27)11-12-22(28)25-19-5-2-4-17(14-19)15-26-13-3-6-20(26)23(24)29/h2,4-5,7-10,14,20H,3,6,11-13,15H2,1H3,(H2,24,29)(H,25,28). The Kier molecular flexibility index (Phi) is 6.77. The van der Waals surface area contributed by atoms with Crippen molar-refractivity contribution in [2.75, 3.05) is 11.9 Å². The summed E-state index contributed by atoms with van der Waals surface area (Å²) in [4.78, 5) is 38.1. The number of amides is 2. The third-order valence-corrected chi connectivity index (χ3v) is 5.24. The largest absolute Gasteiger partial charge is 0.368 e. The average Bonchev–Trinajstić information content (AvgIpc) is 3.15. The first-order valence-corrected chi connectivity index (χ1v) is 9.94. The fraction of sp³-hybridized carbons (Fsp3) is 0.348. The number of carbonyl (C=O) groups is 3. The second-order valence-electron chi connectivity index (χ2n) is 7.57. The molecule has 1 fully saturated rings. The van der Waals surface area contributed by atoms with Crippen LogP contribution >= 0.6 is 0 Å². The molecule has 0 aliphatic carbocycles. The van der Waals surface area contributed by atoms with E-state index in [1.807, 2.05) is 43.3 Å². The predicted octanol–water partition coefficient (Wildman–Crippen LogP) is 3.05. The molecule has 0 radical (unpaired) electrons. The lowest BCUT2D eigenvalue weighted by Gasteiger charge is -2.22. The molecule has 3 rings (SSSR count). The average molecular weight is 393 g/mol. The number of nitrogens with zero attached hydrogens (tertiary/aromatic N) is 1. The van der Waals surface area contributed by atoms with Crippen molar-refractivity contribution >= 4 is 23.3 Å². The van der Waals surface area contributed by atoms with E-state index in [1.54, 1.807) is 12.1 Å². The smallest absolute Gasteiger partial charge is 0.234 e. The van der Waals surface area contributed by atoms with Crippen LogP contribution in [0, 0.1) is 6.92 Å². The molecule has 1 atom stereocenters. The van der Waals surface area contributed by atoms with Gasteiger partial charge in [-0.25, -0.2) is 0 Å². The van der Waals surface area contributed by atoms with Crippen molar-refractivity contribution < 1.29 is 14.4 Å². The van der Waals surface area contributed by atoms with Crippen LogP contribution in [0.25, 0.3) is 0 Å². The summed E-state index contributed by atoms with van der Waals surface area (Å²) in [5, 5.41) is 2.86. The number of primary amides is 1. The first kappa shape index (κ1) is 20.7. The Morgan fingerprint density at radius 3 is 2.59 bits per heavy atom. The molecule has 6 heteroatoms. The Morgan fingerprint density at radius 2 is 1.86 bits per heavy atom. The number of anilines is 1. The van der Waals surface area contributed by atoms with E-state index in [4.69, 9.17) is 5.73 Å². The molecule has 2 aromatic rings. The van der Waals surface area contributed by atoms with Crippen molar-refractivity contribution in [3.8, 4) is 0 Å². The Balaban J connectivity index is 1.53. The Hall–Kier alpha value is -2.99. The minimum Gasteiger partial charge on any atom is -0.368 e. The van der Waals surface area contributed by atoms with Gasteiger partial charge in [0.25, 0.3) is 0 Å². The zero-order chi connectivity index (χ0) is 20.8. The number of nitrogens with two attached hydrogens (primary N) is 1.